The first kappa shape index (κ1) is 13.3. The van der Waals surface area contributed by atoms with Crippen LogP contribution in [-0.4, -0.2) is 49.8 Å². The van der Waals surface area contributed by atoms with Crippen molar-refractivity contribution in [3.63, 3.8) is 0 Å². The van der Waals surface area contributed by atoms with Crippen molar-refractivity contribution in [1.29, 1.82) is 0 Å². The van der Waals surface area contributed by atoms with Crippen molar-refractivity contribution in [2.45, 2.75) is 63.6 Å². The van der Waals surface area contributed by atoms with Gasteiger partial charge in [-0.25, -0.2) is 0 Å². The van der Waals surface area contributed by atoms with E-state index in [9.17, 15) is 0 Å². The summed E-state index contributed by atoms with van der Waals surface area (Å²) in [6, 6.07) is 1.54. The summed E-state index contributed by atoms with van der Waals surface area (Å²) < 4.78 is 5.57. The Bertz CT molecular complexity index is 216. The Morgan fingerprint density at radius 1 is 1.29 bits per heavy atom. The number of nitrogens with one attached hydrogen (secondary N) is 1. The first-order valence-corrected chi connectivity index (χ1v) is 7.34. The van der Waals surface area contributed by atoms with E-state index in [1.54, 1.807) is 0 Å². The van der Waals surface area contributed by atoms with E-state index in [-0.39, 0.29) is 0 Å². The van der Waals surface area contributed by atoms with Gasteiger partial charge < -0.3 is 15.0 Å². The normalized spacial score (nSPS) is 34.6. The summed E-state index contributed by atoms with van der Waals surface area (Å²) in [4.78, 5) is 2.54. The summed E-state index contributed by atoms with van der Waals surface area (Å²) in [5.41, 5.74) is 0. The van der Waals surface area contributed by atoms with Crippen molar-refractivity contribution in [3.05, 3.63) is 0 Å². The van der Waals surface area contributed by atoms with Gasteiger partial charge in [-0.05, 0) is 59.2 Å². The summed E-state index contributed by atoms with van der Waals surface area (Å²) in [5, 5.41) is 3.67. The van der Waals surface area contributed by atoms with E-state index in [0.717, 1.165) is 18.7 Å². The van der Waals surface area contributed by atoms with Gasteiger partial charge in [-0.15, -0.1) is 0 Å². The second kappa shape index (κ2) is 6.72. The highest BCUT2D eigenvalue weighted by Crippen LogP contribution is 2.23. The lowest BCUT2D eigenvalue weighted by atomic mass is 9.89. The highest BCUT2D eigenvalue weighted by molar-refractivity contribution is 4.86. The maximum atomic E-state index is 5.57. The van der Waals surface area contributed by atoms with Crippen molar-refractivity contribution in [1.82, 2.24) is 10.2 Å². The van der Waals surface area contributed by atoms with Gasteiger partial charge in [0.2, 0.25) is 0 Å². The minimum atomic E-state index is 0.537. The molecule has 2 aliphatic rings. The van der Waals surface area contributed by atoms with Crippen molar-refractivity contribution < 1.29 is 4.74 Å². The number of hydrogen-bond acceptors (Lipinski definition) is 3. The number of nitrogens with zero attached hydrogens (tertiary/aromatic N) is 1. The lowest BCUT2D eigenvalue weighted by Gasteiger charge is -2.37. The topological polar surface area (TPSA) is 24.5 Å². The SMILES string of the molecule is CCOC1CC(NCCC2CCCCN2C)C1. The van der Waals surface area contributed by atoms with E-state index in [1.807, 2.05) is 0 Å². The molecule has 3 nitrogen and oxygen atoms in total. The fourth-order valence-corrected chi connectivity index (χ4v) is 3.07. The highest BCUT2D eigenvalue weighted by atomic mass is 16.5. The molecule has 1 aliphatic carbocycles. The number of piperidine rings is 1. The molecular weight excluding hydrogens is 212 g/mol. The molecule has 0 spiro atoms. The first-order valence-electron chi connectivity index (χ1n) is 7.34. The van der Waals surface area contributed by atoms with Gasteiger partial charge in [0.25, 0.3) is 0 Å². The molecule has 2 fully saturated rings. The van der Waals surface area contributed by atoms with Crippen molar-refractivity contribution in [2.24, 2.45) is 0 Å². The van der Waals surface area contributed by atoms with Crippen LogP contribution in [0, 0.1) is 0 Å². The maximum Gasteiger partial charge on any atom is 0.0604 e. The Kier molecular flexibility index (Phi) is 5.26. The van der Waals surface area contributed by atoms with Gasteiger partial charge in [0.05, 0.1) is 6.10 Å². The van der Waals surface area contributed by atoms with Crippen LogP contribution < -0.4 is 5.32 Å². The molecule has 1 aliphatic heterocycles. The number of ether oxygens (including phenoxy) is 1. The summed E-state index contributed by atoms with van der Waals surface area (Å²) >= 11 is 0. The zero-order valence-electron chi connectivity index (χ0n) is 11.5. The van der Waals surface area contributed by atoms with Gasteiger partial charge in [-0.1, -0.05) is 6.42 Å². The molecule has 1 heterocycles. The van der Waals surface area contributed by atoms with Crippen molar-refractivity contribution >= 4 is 0 Å². The lowest BCUT2D eigenvalue weighted by Crippen LogP contribution is -2.47. The molecule has 1 unspecified atom stereocenters. The van der Waals surface area contributed by atoms with Crippen LogP contribution in [0.1, 0.15) is 45.4 Å². The van der Waals surface area contributed by atoms with Crippen molar-refractivity contribution in [3.8, 4) is 0 Å². The summed E-state index contributed by atoms with van der Waals surface area (Å²) in [7, 11) is 2.28. The average Bonchev–Trinajstić information content (AvgIpc) is 2.28. The zero-order chi connectivity index (χ0) is 12.1. The molecule has 0 aromatic rings. The summed E-state index contributed by atoms with van der Waals surface area (Å²) in [6.07, 6.45) is 8.48. The molecular formula is C14H28N2O. The third kappa shape index (κ3) is 3.94. The van der Waals surface area contributed by atoms with Crippen LogP contribution in [0.3, 0.4) is 0 Å². The molecule has 0 aromatic carbocycles. The Morgan fingerprint density at radius 3 is 2.82 bits per heavy atom. The lowest BCUT2D eigenvalue weighted by molar-refractivity contribution is -0.0102. The average molecular weight is 240 g/mol. The molecule has 1 saturated carbocycles. The fraction of sp³-hybridized carbons (Fsp3) is 1.00. The fourth-order valence-electron chi connectivity index (χ4n) is 3.07. The number of likely N-dealkylation sites (tertiary alicyclic amines) is 1. The van der Waals surface area contributed by atoms with Crippen LogP contribution in [0.2, 0.25) is 0 Å². The van der Waals surface area contributed by atoms with Crippen LogP contribution in [-0.2, 0) is 4.74 Å². The van der Waals surface area contributed by atoms with Crippen LogP contribution in [0.15, 0.2) is 0 Å². The predicted molar refractivity (Wildman–Crippen MR) is 71.3 cm³/mol. The second-order valence-corrected chi connectivity index (χ2v) is 5.62. The van der Waals surface area contributed by atoms with E-state index in [2.05, 4.69) is 24.2 Å². The molecule has 0 aromatic heterocycles. The minimum absolute atomic E-state index is 0.537. The molecule has 1 saturated heterocycles. The van der Waals surface area contributed by atoms with E-state index in [4.69, 9.17) is 4.74 Å². The minimum Gasteiger partial charge on any atom is -0.378 e. The van der Waals surface area contributed by atoms with Gasteiger partial charge in [0.1, 0.15) is 0 Å². The van der Waals surface area contributed by atoms with Gasteiger partial charge in [-0.2, -0.15) is 0 Å². The molecule has 3 heteroatoms. The van der Waals surface area contributed by atoms with E-state index < -0.39 is 0 Å². The van der Waals surface area contributed by atoms with Crippen LogP contribution in [0.4, 0.5) is 0 Å². The maximum absolute atomic E-state index is 5.57. The Morgan fingerprint density at radius 2 is 2.12 bits per heavy atom. The number of rotatable bonds is 6. The van der Waals surface area contributed by atoms with Crippen LogP contribution in [0.25, 0.3) is 0 Å². The molecule has 2 rings (SSSR count). The van der Waals surface area contributed by atoms with Crippen molar-refractivity contribution in [2.75, 3.05) is 26.7 Å². The molecule has 17 heavy (non-hydrogen) atoms. The van der Waals surface area contributed by atoms with Gasteiger partial charge in [0, 0.05) is 18.7 Å². The zero-order valence-corrected chi connectivity index (χ0v) is 11.5. The van der Waals surface area contributed by atoms with Gasteiger partial charge >= 0.3 is 0 Å². The number of hydrogen-bond donors (Lipinski definition) is 1. The molecule has 0 radical (unpaired) electrons. The Labute approximate surface area is 106 Å². The largest absolute Gasteiger partial charge is 0.378 e. The standard InChI is InChI=1S/C14H28N2O/c1-3-17-14-10-12(11-14)15-8-7-13-6-4-5-9-16(13)2/h12-15H,3-11H2,1-2H3. The van der Waals surface area contributed by atoms with E-state index in [1.165, 1.54) is 51.6 Å². The first-order chi connectivity index (χ1) is 8.29. The Hall–Kier alpha value is -0.120. The monoisotopic (exact) mass is 240 g/mol. The molecule has 0 amide bonds. The molecule has 1 N–H and O–H groups in total. The predicted octanol–water partition coefficient (Wildman–Crippen LogP) is 2.02. The molecule has 1 atom stereocenters. The third-order valence-electron chi connectivity index (χ3n) is 4.33. The van der Waals surface area contributed by atoms with E-state index >= 15 is 0 Å². The van der Waals surface area contributed by atoms with Gasteiger partial charge in [-0.3, -0.25) is 0 Å². The Balaban J connectivity index is 1.52. The van der Waals surface area contributed by atoms with Crippen LogP contribution in [0.5, 0.6) is 0 Å². The van der Waals surface area contributed by atoms with Crippen LogP contribution >= 0.6 is 0 Å². The van der Waals surface area contributed by atoms with Gasteiger partial charge in [0.15, 0.2) is 0 Å². The summed E-state index contributed by atoms with van der Waals surface area (Å²) in [6.45, 7) is 5.42. The highest BCUT2D eigenvalue weighted by Gasteiger charge is 2.29. The summed E-state index contributed by atoms with van der Waals surface area (Å²) in [5.74, 6) is 0. The second-order valence-electron chi connectivity index (χ2n) is 5.62. The quantitative estimate of drug-likeness (QED) is 0.769. The molecule has 0 bridgehead atoms. The van der Waals surface area contributed by atoms with E-state index in [0.29, 0.717) is 6.10 Å². The third-order valence-corrected chi connectivity index (χ3v) is 4.33. The smallest absolute Gasteiger partial charge is 0.0604 e. The molecule has 100 valence electrons.